The van der Waals surface area contributed by atoms with Crippen LogP contribution in [0.5, 0.6) is 0 Å². The van der Waals surface area contributed by atoms with Crippen LogP contribution in [0.1, 0.15) is 40.9 Å². The smallest absolute Gasteiger partial charge is 0.227 e. The molecule has 0 fully saturated rings. The van der Waals surface area contributed by atoms with Crippen LogP contribution in [-0.2, 0) is 17.6 Å². The van der Waals surface area contributed by atoms with E-state index in [0.717, 1.165) is 48.6 Å². The van der Waals surface area contributed by atoms with Crippen LogP contribution in [0.3, 0.4) is 0 Å². The zero-order valence-electron chi connectivity index (χ0n) is 16.9. The van der Waals surface area contributed by atoms with Crippen molar-refractivity contribution in [1.29, 1.82) is 0 Å². The maximum absolute atomic E-state index is 12.9. The first-order valence-electron chi connectivity index (χ1n) is 10.0. The third kappa shape index (κ3) is 3.72. The fraction of sp³-hybridized carbons (Fsp3) is 0.333. The molecule has 0 atom stereocenters. The molecular formula is C24H27N3O. The number of fused-ring (bicyclic) bond motifs is 1. The van der Waals surface area contributed by atoms with Crippen molar-refractivity contribution in [1.82, 2.24) is 9.78 Å². The summed E-state index contributed by atoms with van der Waals surface area (Å²) in [5.41, 5.74) is 8.04. The molecule has 0 radical (unpaired) electrons. The van der Waals surface area contributed by atoms with Gasteiger partial charge in [0.05, 0.1) is 11.4 Å². The van der Waals surface area contributed by atoms with Gasteiger partial charge in [0, 0.05) is 24.3 Å². The van der Waals surface area contributed by atoms with Crippen LogP contribution in [0.4, 0.5) is 5.69 Å². The molecule has 0 saturated heterocycles. The van der Waals surface area contributed by atoms with Crippen LogP contribution < -0.4 is 4.90 Å². The second kappa shape index (κ2) is 7.63. The van der Waals surface area contributed by atoms with E-state index >= 15 is 0 Å². The number of rotatable bonds is 4. The quantitative estimate of drug-likeness (QED) is 0.664. The maximum atomic E-state index is 12.9. The van der Waals surface area contributed by atoms with Gasteiger partial charge in [0.2, 0.25) is 5.91 Å². The molecule has 3 aromatic rings. The minimum atomic E-state index is 0.215. The Morgan fingerprint density at radius 2 is 1.82 bits per heavy atom. The van der Waals surface area contributed by atoms with Gasteiger partial charge in [-0.05, 0) is 75.4 Å². The Bertz CT molecular complexity index is 1000. The number of benzene rings is 2. The summed E-state index contributed by atoms with van der Waals surface area (Å²) in [6, 6.07) is 16.9. The van der Waals surface area contributed by atoms with Crippen molar-refractivity contribution in [3.8, 4) is 5.69 Å². The van der Waals surface area contributed by atoms with Gasteiger partial charge in [-0.2, -0.15) is 5.10 Å². The number of carbonyl (C=O) groups excluding carboxylic acids is 1. The van der Waals surface area contributed by atoms with Gasteiger partial charge in [-0.3, -0.25) is 4.79 Å². The molecule has 1 aliphatic heterocycles. The van der Waals surface area contributed by atoms with E-state index in [0.29, 0.717) is 6.42 Å². The fourth-order valence-electron chi connectivity index (χ4n) is 4.07. The van der Waals surface area contributed by atoms with E-state index in [1.807, 2.05) is 16.5 Å². The Morgan fingerprint density at radius 1 is 1.04 bits per heavy atom. The van der Waals surface area contributed by atoms with E-state index in [2.05, 4.69) is 67.5 Å². The van der Waals surface area contributed by atoms with Crippen molar-refractivity contribution in [2.24, 2.45) is 0 Å². The normalized spacial score (nSPS) is 13.5. The predicted octanol–water partition coefficient (Wildman–Crippen LogP) is 4.71. The molecule has 0 saturated carbocycles. The molecule has 0 unspecified atom stereocenters. The number of carbonyl (C=O) groups is 1. The predicted molar refractivity (Wildman–Crippen MR) is 113 cm³/mol. The summed E-state index contributed by atoms with van der Waals surface area (Å²) in [6.07, 6.45) is 3.40. The molecule has 1 amide bonds. The van der Waals surface area contributed by atoms with Gasteiger partial charge in [-0.15, -0.1) is 0 Å². The number of amides is 1. The molecule has 0 aliphatic carbocycles. The Labute approximate surface area is 166 Å². The first-order chi connectivity index (χ1) is 13.5. The summed E-state index contributed by atoms with van der Waals surface area (Å²) in [7, 11) is 0. The molecule has 28 heavy (non-hydrogen) atoms. The summed E-state index contributed by atoms with van der Waals surface area (Å²) >= 11 is 0. The van der Waals surface area contributed by atoms with Crippen LogP contribution in [0.2, 0.25) is 0 Å². The highest BCUT2D eigenvalue weighted by Gasteiger charge is 2.22. The van der Waals surface area contributed by atoms with E-state index in [1.165, 1.54) is 16.7 Å². The Morgan fingerprint density at radius 3 is 2.54 bits per heavy atom. The highest BCUT2D eigenvalue weighted by molar-refractivity contribution is 5.94. The van der Waals surface area contributed by atoms with Crippen LogP contribution in [0.15, 0.2) is 48.5 Å². The summed E-state index contributed by atoms with van der Waals surface area (Å²) in [5.74, 6) is 0.215. The average molecular weight is 374 g/mol. The molecule has 4 rings (SSSR count). The lowest BCUT2D eigenvalue weighted by molar-refractivity contribution is -0.118. The molecule has 0 bridgehead atoms. The largest absolute Gasteiger partial charge is 0.312 e. The molecule has 144 valence electrons. The number of hydrogen-bond donors (Lipinski definition) is 0. The summed E-state index contributed by atoms with van der Waals surface area (Å²) in [4.78, 5) is 14.8. The fourth-order valence-corrected chi connectivity index (χ4v) is 4.07. The number of hydrogen-bond acceptors (Lipinski definition) is 2. The lowest BCUT2D eigenvalue weighted by Gasteiger charge is -2.30. The van der Waals surface area contributed by atoms with Crippen molar-refractivity contribution in [3.63, 3.8) is 0 Å². The Kier molecular flexibility index (Phi) is 5.03. The minimum Gasteiger partial charge on any atom is -0.312 e. The summed E-state index contributed by atoms with van der Waals surface area (Å²) < 4.78 is 1.96. The second-order valence-corrected chi connectivity index (χ2v) is 7.79. The molecule has 2 aromatic carbocycles. The van der Waals surface area contributed by atoms with E-state index in [-0.39, 0.29) is 5.91 Å². The van der Waals surface area contributed by atoms with Gasteiger partial charge < -0.3 is 4.90 Å². The average Bonchev–Trinajstić information content (AvgIpc) is 3.03. The Hall–Kier alpha value is -2.88. The van der Waals surface area contributed by atoms with Crippen molar-refractivity contribution < 1.29 is 4.79 Å². The molecular weight excluding hydrogens is 346 g/mol. The van der Waals surface area contributed by atoms with Gasteiger partial charge in [0.15, 0.2) is 0 Å². The van der Waals surface area contributed by atoms with E-state index < -0.39 is 0 Å². The minimum absolute atomic E-state index is 0.215. The van der Waals surface area contributed by atoms with Crippen LogP contribution in [0.25, 0.3) is 5.69 Å². The number of anilines is 1. The zero-order chi connectivity index (χ0) is 19.7. The Balaban J connectivity index is 1.42. The van der Waals surface area contributed by atoms with Crippen LogP contribution in [0, 0.1) is 20.8 Å². The first-order valence-corrected chi connectivity index (χ1v) is 10.0. The van der Waals surface area contributed by atoms with Crippen molar-refractivity contribution in [3.05, 3.63) is 76.6 Å². The maximum Gasteiger partial charge on any atom is 0.227 e. The van der Waals surface area contributed by atoms with Crippen molar-refractivity contribution in [2.75, 3.05) is 11.4 Å². The molecule has 1 aromatic heterocycles. The lowest BCUT2D eigenvalue weighted by Crippen LogP contribution is -2.35. The standard InChI is InChI=1S/C24H27N3O/c1-17-6-12-23-21(15-17)5-4-14-26(23)24(28)13-9-20-7-10-22(11-8-20)27-19(3)16-18(2)25-27/h6-8,10-12,15-16H,4-5,9,13-14H2,1-3H3. The SMILES string of the molecule is Cc1ccc2c(c1)CCCN2C(=O)CCc1ccc(-n2nc(C)cc2C)cc1. The van der Waals surface area contributed by atoms with Gasteiger partial charge >= 0.3 is 0 Å². The number of aromatic nitrogens is 2. The van der Waals surface area contributed by atoms with Crippen molar-refractivity contribution in [2.45, 2.75) is 46.5 Å². The summed E-state index contributed by atoms with van der Waals surface area (Å²) in [5, 5.41) is 4.53. The third-order valence-corrected chi connectivity index (χ3v) is 5.47. The first kappa shape index (κ1) is 18.5. The monoisotopic (exact) mass is 373 g/mol. The molecule has 4 heteroatoms. The van der Waals surface area contributed by atoms with Gasteiger partial charge in [0.25, 0.3) is 0 Å². The van der Waals surface area contributed by atoms with Crippen LogP contribution >= 0.6 is 0 Å². The number of aryl methyl sites for hydroxylation is 5. The third-order valence-electron chi connectivity index (χ3n) is 5.47. The molecule has 0 N–H and O–H groups in total. The van der Waals surface area contributed by atoms with Gasteiger partial charge in [-0.1, -0.05) is 29.8 Å². The highest BCUT2D eigenvalue weighted by Crippen LogP contribution is 2.28. The van der Waals surface area contributed by atoms with E-state index in [1.54, 1.807) is 0 Å². The molecule has 1 aliphatic rings. The van der Waals surface area contributed by atoms with E-state index in [4.69, 9.17) is 0 Å². The zero-order valence-corrected chi connectivity index (χ0v) is 16.9. The topological polar surface area (TPSA) is 38.1 Å². The van der Waals surface area contributed by atoms with Crippen LogP contribution in [-0.4, -0.2) is 22.2 Å². The van der Waals surface area contributed by atoms with Gasteiger partial charge in [0.1, 0.15) is 0 Å². The molecule has 4 nitrogen and oxygen atoms in total. The highest BCUT2D eigenvalue weighted by atomic mass is 16.2. The summed E-state index contributed by atoms with van der Waals surface area (Å²) in [6.45, 7) is 7.00. The van der Waals surface area contributed by atoms with E-state index in [9.17, 15) is 4.79 Å². The molecule has 2 heterocycles. The van der Waals surface area contributed by atoms with Gasteiger partial charge in [-0.25, -0.2) is 4.68 Å². The lowest BCUT2D eigenvalue weighted by atomic mass is 9.99. The molecule has 0 spiro atoms. The van der Waals surface area contributed by atoms with Crippen molar-refractivity contribution >= 4 is 11.6 Å². The second-order valence-electron chi connectivity index (χ2n) is 7.79. The number of nitrogens with zero attached hydrogens (tertiary/aromatic N) is 3.